The highest BCUT2D eigenvalue weighted by molar-refractivity contribution is 5.98. The number of nitrogens with two attached hydrogens (primary N) is 2. The quantitative estimate of drug-likeness (QED) is 0.151. The largest absolute Gasteiger partial charge is 0.627 e. The first-order valence-electron chi connectivity index (χ1n) is 12.5. The first kappa shape index (κ1) is 24.9. The Balaban J connectivity index is 1.57. The molecule has 192 valence electrons. The van der Waals surface area contributed by atoms with Crippen molar-refractivity contribution in [3.8, 4) is 0 Å². The molecular weight excluding hydrogens is 470 g/mol. The van der Waals surface area contributed by atoms with Gasteiger partial charge in [0.1, 0.15) is 18.1 Å². The Labute approximate surface area is 214 Å². The van der Waals surface area contributed by atoms with E-state index < -0.39 is 16.7 Å². The molecule has 0 saturated heterocycles. The average molecular weight is 502 g/mol. The maximum absolute atomic E-state index is 14.9. The van der Waals surface area contributed by atoms with E-state index in [1.54, 1.807) is 24.3 Å². The maximum Gasteiger partial charge on any atom is 0.335 e. The summed E-state index contributed by atoms with van der Waals surface area (Å²) < 4.78 is -0.985. The number of carbonyl (C=O) groups excluding carboxylic acids is 1. The van der Waals surface area contributed by atoms with E-state index in [9.17, 15) is 19.9 Å². The maximum atomic E-state index is 14.9. The van der Waals surface area contributed by atoms with Gasteiger partial charge in [0.2, 0.25) is 0 Å². The number of carbonyl (C=O) groups is 2. The third kappa shape index (κ3) is 4.69. The third-order valence-electron chi connectivity index (χ3n) is 7.74. The Bertz CT molecular complexity index is 1400. The standard InChI is InChI=1S/C28H31N5O4/c29-21-7-9-22(10-8-21)32-27(34)25-13-17-5-6-18(26(30)31)14-24(17)33(25,37)15-20-12-19(28(35)36)11-16-3-1-2-4-23(16)20/h1-6,11-12,14,21-22,25H,7-10,13,15,29H2,(H3,30,31)(H,32,34)(H,35,36). The molecule has 0 bridgehead atoms. The van der Waals surface area contributed by atoms with Crippen molar-refractivity contribution in [2.24, 2.45) is 11.5 Å². The number of carboxylic acid groups (broad SMARTS) is 1. The minimum Gasteiger partial charge on any atom is -0.627 e. The van der Waals surface area contributed by atoms with Crippen LogP contribution in [-0.2, 0) is 17.8 Å². The molecule has 2 aliphatic rings. The summed E-state index contributed by atoms with van der Waals surface area (Å²) in [6, 6.07) is 14.6. The molecule has 2 unspecified atom stereocenters. The number of hydrogen-bond donors (Lipinski definition) is 5. The molecule has 1 amide bonds. The molecule has 9 nitrogen and oxygen atoms in total. The molecular formula is C28H31N5O4. The van der Waals surface area contributed by atoms with Gasteiger partial charge in [0.15, 0.2) is 6.04 Å². The molecule has 1 aliphatic heterocycles. The number of amidine groups is 1. The summed E-state index contributed by atoms with van der Waals surface area (Å²) in [5, 5.41) is 37.0. The van der Waals surface area contributed by atoms with E-state index in [0.717, 1.165) is 36.6 Å². The van der Waals surface area contributed by atoms with Gasteiger partial charge in [-0.25, -0.2) is 4.79 Å². The van der Waals surface area contributed by atoms with Gasteiger partial charge in [-0.15, -0.1) is 0 Å². The van der Waals surface area contributed by atoms with Gasteiger partial charge in [-0.1, -0.05) is 36.4 Å². The van der Waals surface area contributed by atoms with Crippen molar-refractivity contribution in [2.75, 3.05) is 0 Å². The summed E-state index contributed by atoms with van der Waals surface area (Å²) in [6.45, 7) is -0.135. The molecule has 5 rings (SSSR count). The smallest absolute Gasteiger partial charge is 0.335 e. The van der Waals surface area contributed by atoms with Crippen LogP contribution in [-0.4, -0.2) is 40.9 Å². The second-order valence-electron chi connectivity index (χ2n) is 10.2. The van der Waals surface area contributed by atoms with Crippen molar-refractivity contribution in [1.82, 2.24) is 9.96 Å². The van der Waals surface area contributed by atoms with Crippen molar-refractivity contribution in [3.05, 3.63) is 82.1 Å². The Morgan fingerprint density at radius 3 is 2.49 bits per heavy atom. The van der Waals surface area contributed by atoms with Crippen LogP contribution in [0, 0.1) is 10.6 Å². The molecule has 3 aromatic rings. The number of fused-ring (bicyclic) bond motifs is 2. The fraction of sp³-hybridized carbons (Fsp3) is 0.321. The second-order valence-corrected chi connectivity index (χ2v) is 10.2. The van der Waals surface area contributed by atoms with Gasteiger partial charge in [0.25, 0.3) is 5.91 Å². The molecule has 3 aromatic carbocycles. The first-order chi connectivity index (χ1) is 17.7. The molecule has 9 heteroatoms. The van der Waals surface area contributed by atoms with Crippen molar-refractivity contribution >= 4 is 34.2 Å². The number of quaternary nitrogens is 1. The predicted octanol–water partition coefficient (Wildman–Crippen LogP) is 3.14. The van der Waals surface area contributed by atoms with Gasteiger partial charge >= 0.3 is 5.97 Å². The van der Waals surface area contributed by atoms with E-state index in [-0.39, 0.29) is 42.4 Å². The number of hydrogen-bond acceptors (Lipinski definition) is 5. The van der Waals surface area contributed by atoms with Gasteiger partial charge in [0.05, 0.1) is 5.56 Å². The number of carboxylic acids is 1. The summed E-state index contributed by atoms with van der Waals surface area (Å²) >= 11 is 0. The highest BCUT2D eigenvalue weighted by Crippen LogP contribution is 2.42. The SMILES string of the molecule is N=C(N)c1ccc2c(c1)[N+]([O-])(Cc1cc(C(=O)O)cc3ccccc13)C(C(=O)NC1CCC(N)CC1)C2. The topological polar surface area (TPSA) is 165 Å². The lowest BCUT2D eigenvalue weighted by atomic mass is 9.91. The predicted molar refractivity (Wildman–Crippen MR) is 143 cm³/mol. The summed E-state index contributed by atoms with van der Waals surface area (Å²) in [6.07, 6.45) is 3.42. The number of hydroxylamine groups is 2. The van der Waals surface area contributed by atoms with Crippen LogP contribution in [0.1, 0.15) is 52.7 Å². The molecule has 1 aliphatic carbocycles. The van der Waals surface area contributed by atoms with Crippen LogP contribution in [0.15, 0.2) is 54.6 Å². The van der Waals surface area contributed by atoms with E-state index in [1.807, 2.05) is 24.3 Å². The lowest BCUT2D eigenvalue weighted by Gasteiger charge is -2.44. The van der Waals surface area contributed by atoms with Crippen LogP contribution in [0.25, 0.3) is 10.8 Å². The molecule has 1 heterocycles. The van der Waals surface area contributed by atoms with Crippen LogP contribution in [0.5, 0.6) is 0 Å². The first-order valence-corrected chi connectivity index (χ1v) is 12.5. The van der Waals surface area contributed by atoms with Gasteiger partial charge < -0.3 is 31.7 Å². The molecule has 0 radical (unpaired) electrons. The zero-order chi connectivity index (χ0) is 26.3. The highest BCUT2D eigenvalue weighted by Gasteiger charge is 2.46. The Morgan fingerprint density at radius 2 is 1.78 bits per heavy atom. The normalized spacial score (nSPS) is 25.0. The Hall–Kier alpha value is -3.79. The number of aromatic carboxylic acids is 1. The summed E-state index contributed by atoms with van der Waals surface area (Å²) in [5.41, 5.74) is 13.9. The third-order valence-corrected chi connectivity index (χ3v) is 7.74. The Morgan fingerprint density at radius 1 is 1.05 bits per heavy atom. The van der Waals surface area contributed by atoms with E-state index >= 15 is 0 Å². The second kappa shape index (κ2) is 9.59. The molecule has 7 N–H and O–H groups in total. The van der Waals surface area contributed by atoms with Crippen LogP contribution < -0.4 is 21.4 Å². The van der Waals surface area contributed by atoms with E-state index in [4.69, 9.17) is 16.9 Å². The Kier molecular flexibility index (Phi) is 6.45. The summed E-state index contributed by atoms with van der Waals surface area (Å²) in [5.74, 6) is -1.58. The molecule has 0 aromatic heterocycles. The minimum atomic E-state index is -1.09. The molecule has 37 heavy (non-hydrogen) atoms. The molecule has 0 spiro atoms. The highest BCUT2D eigenvalue weighted by atomic mass is 16.6. The number of benzene rings is 3. The van der Waals surface area contributed by atoms with Crippen LogP contribution in [0.4, 0.5) is 5.69 Å². The molecule has 2 atom stereocenters. The van der Waals surface area contributed by atoms with Gasteiger partial charge in [-0.3, -0.25) is 10.2 Å². The van der Waals surface area contributed by atoms with Crippen LogP contribution >= 0.6 is 0 Å². The van der Waals surface area contributed by atoms with Gasteiger partial charge in [-0.2, -0.15) is 0 Å². The molecule has 1 fully saturated rings. The van der Waals surface area contributed by atoms with E-state index in [2.05, 4.69) is 5.32 Å². The van der Waals surface area contributed by atoms with Crippen molar-refractivity contribution in [1.29, 1.82) is 5.41 Å². The number of nitrogens with zero attached hydrogens (tertiary/aromatic N) is 1. The van der Waals surface area contributed by atoms with Crippen molar-refractivity contribution in [3.63, 3.8) is 0 Å². The minimum absolute atomic E-state index is 0.0339. The number of nitrogen functional groups attached to an aromatic ring is 1. The van der Waals surface area contributed by atoms with E-state index in [0.29, 0.717) is 22.2 Å². The lowest BCUT2D eigenvalue weighted by Crippen LogP contribution is -2.57. The fourth-order valence-electron chi connectivity index (χ4n) is 5.72. The zero-order valence-electron chi connectivity index (χ0n) is 20.4. The lowest BCUT2D eigenvalue weighted by molar-refractivity contribution is -0.126. The average Bonchev–Trinajstić information content (AvgIpc) is 3.16. The van der Waals surface area contributed by atoms with Crippen LogP contribution in [0.2, 0.25) is 0 Å². The van der Waals surface area contributed by atoms with Crippen molar-refractivity contribution in [2.45, 2.75) is 56.8 Å². The number of nitrogens with one attached hydrogen (secondary N) is 2. The zero-order valence-corrected chi connectivity index (χ0v) is 20.4. The monoisotopic (exact) mass is 501 g/mol. The molecule has 1 saturated carbocycles. The number of amides is 1. The van der Waals surface area contributed by atoms with Gasteiger partial charge in [-0.05, 0) is 48.6 Å². The summed E-state index contributed by atoms with van der Waals surface area (Å²) in [7, 11) is 0. The number of rotatable bonds is 6. The van der Waals surface area contributed by atoms with Crippen molar-refractivity contribution < 1.29 is 14.7 Å². The fourth-order valence-corrected chi connectivity index (χ4v) is 5.72. The van der Waals surface area contributed by atoms with Crippen LogP contribution in [0.3, 0.4) is 0 Å². The summed E-state index contributed by atoms with van der Waals surface area (Å²) in [4.78, 5) is 25.5. The van der Waals surface area contributed by atoms with E-state index in [1.165, 1.54) is 6.07 Å². The van der Waals surface area contributed by atoms with Gasteiger partial charge in [0, 0.05) is 41.3 Å².